The van der Waals surface area contributed by atoms with E-state index < -0.39 is 67.5 Å². The van der Waals surface area contributed by atoms with Crippen molar-refractivity contribution in [2.75, 3.05) is 52.4 Å². The normalized spacial score (nSPS) is 12.8. The summed E-state index contributed by atoms with van der Waals surface area (Å²) in [5, 5.41) is 45.7. The smallest absolute Gasteiger partial charge is 0.321 e. The van der Waals surface area contributed by atoms with Gasteiger partial charge in [0.2, 0.25) is 0 Å². The third-order valence-electron chi connectivity index (χ3n) is 4.27. The van der Waals surface area contributed by atoms with Crippen molar-refractivity contribution in [1.29, 1.82) is 0 Å². The standard InChI is InChI=1S/C18H31N3O10/c1-18(2,3)16(17(30)31)21(11-15(28)29)7-6-19(8-12(22)23)4-5-20(9-13(24)25)10-14(26)27/h16H,4-11H2,1-3H3,(H,22,23)(H,24,25)(H,26,27)(H,28,29)(H,30,31). The maximum atomic E-state index is 11.8. The molecule has 0 spiro atoms. The van der Waals surface area contributed by atoms with E-state index in [1.807, 2.05) is 0 Å². The highest BCUT2D eigenvalue weighted by Gasteiger charge is 2.37. The van der Waals surface area contributed by atoms with Crippen molar-refractivity contribution in [2.24, 2.45) is 5.41 Å². The van der Waals surface area contributed by atoms with Gasteiger partial charge < -0.3 is 25.5 Å². The van der Waals surface area contributed by atoms with E-state index >= 15 is 0 Å². The fourth-order valence-electron chi connectivity index (χ4n) is 3.16. The molecular weight excluding hydrogens is 418 g/mol. The van der Waals surface area contributed by atoms with Gasteiger partial charge in [-0.2, -0.15) is 0 Å². The monoisotopic (exact) mass is 449 g/mol. The molecular formula is C18H31N3O10. The lowest BCUT2D eigenvalue weighted by molar-refractivity contribution is -0.151. The second-order valence-electron chi connectivity index (χ2n) is 8.14. The Balaban J connectivity index is 5.38. The first-order valence-electron chi connectivity index (χ1n) is 9.42. The molecule has 1 unspecified atom stereocenters. The predicted molar refractivity (Wildman–Crippen MR) is 106 cm³/mol. The van der Waals surface area contributed by atoms with Crippen LogP contribution in [-0.4, -0.2) is 128 Å². The highest BCUT2D eigenvalue weighted by molar-refractivity contribution is 5.76. The molecule has 0 radical (unpaired) electrons. The molecule has 0 fully saturated rings. The Labute approximate surface area is 179 Å². The van der Waals surface area contributed by atoms with Gasteiger partial charge in [0.15, 0.2) is 0 Å². The summed E-state index contributed by atoms with van der Waals surface area (Å²) in [6, 6.07) is -1.15. The molecule has 13 nitrogen and oxygen atoms in total. The van der Waals surface area contributed by atoms with Crippen molar-refractivity contribution in [3.63, 3.8) is 0 Å². The van der Waals surface area contributed by atoms with Crippen LogP contribution < -0.4 is 0 Å². The van der Waals surface area contributed by atoms with Crippen LogP contribution in [0.15, 0.2) is 0 Å². The van der Waals surface area contributed by atoms with Crippen LogP contribution in [0.5, 0.6) is 0 Å². The quantitative estimate of drug-likeness (QED) is 0.187. The average Bonchev–Trinajstić information content (AvgIpc) is 2.53. The maximum absolute atomic E-state index is 11.8. The molecule has 0 aliphatic heterocycles. The van der Waals surface area contributed by atoms with Gasteiger partial charge >= 0.3 is 29.8 Å². The summed E-state index contributed by atoms with van der Waals surface area (Å²) in [4.78, 5) is 59.7. The molecule has 0 aliphatic carbocycles. The second kappa shape index (κ2) is 12.8. The SMILES string of the molecule is CC(C)(C)C(C(=O)O)N(CCN(CCN(CC(=O)O)CC(=O)O)CC(=O)O)CC(=O)O. The molecule has 0 saturated carbocycles. The summed E-state index contributed by atoms with van der Waals surface area (Å²) in [6.07, 6.45) is 0. The molecule has 1 atom stereocenters. The molecule has 0 aromatic heterocycles. The summed E-state index contributed by atoms with van der Waals surface area (Å²) >= 11 is 0. The summed E-state index contributed by atoms with van der Waals surface area (Å²) in [5.74, 6) is -6.14. The zero-order valence-corrected chi connectivity index (χ0v) is 17.9. The summed E-state index contributed by atoms with van der Waals surface area (Å²) in [6.45, 7) is 2.61. The van der Waals surface area contributed by atoms with Crippen LogP contribution in [-0.2, 0) is 24.0 Å². The van der Waals surface area contributed by atoms with Gasteiger partial charge in [0.05, 0.1) is 26.2 Å². The van der Waals surface area contributed by atoms with Crippen molar-refractivity contribution in [2.45, 2.75) is 26.8 Å². The number of rotatable bonds is 16. The van der Waals surface area contributed by atoms with E-state index in [4.69, 9.17) is 15.3 Å². The van der Waals surface area contributed by atoms with Gasteiger partial charge in [0.25, 0.3) is 0 Å². The van der Waals surface area contributed by atoms with Crippen LogP contribution in [0, 0.1) is 5.41 Å². The van der Waals surface area contributed by atoms with Crippen LogP contribution in [0.3, 0.4) is 0 Å². The van der Waals surface area contributed by atoms with Crippen LogP contribution in [0.1, 0.15) is 20.8 Å². The first-order chi connectivity index (χ1) is 14.1. The van der Waals surface area contributed by atoms with Gasteiger partial charge in [0, 0.05) is 26.2 Å². The molecule has 13 heteroatoms. The molecule has 0 aromatic rings. The Morgan fingerprint density at radius 2 is 0.968 bits per heavy atom. The number of nitrogens with zero attached hydrogens (tertiary/aromatic N) is 3. The highest BCUT2D eigenvalue weighted by atomic mass is 16.4. The Kier molecular flexibility index (Phi) is 11.7. The third-order valence-corrected chi connectivity index (χ3v) is 4.27. The Morgan fingerprint density at radius 1 is 0.613 bits per heavy atom. The Hall–Kier alpha value is -2.77. The maximum Gasteiger partial charge on any atom is 0.321 e. The summed E-state index contributed by atoms with van der Waals surface area (Å²) in [5.41, 5.74) is -0.807. The fourth-order valence-corrected chi connectivity index (χ4v) is 3.16. The van der Waals surface area contributed by atoms with E-state index in [1.54, 1.807) is 20.8 Å². The lowest BCUT2D eigenvalue weighted by Crippen LogP contribution is -2.53. The second-order valence-corrected chi connectivity index (χ2v) is 8.14. The van der Waals surface area contributed by atoms with Gasteiger partial charge in [-0.05, 0) is 5.41 Å². The topological polar surface area (TPSA) is 196 Å². The number of hydrogen-bond acceptors (Lipinski definition) is 8. The minimum Gasteiger partial charge on any atom is -0.480 e. The van der Waals surface area contributed by atoms with Crippen molar-refractivity contribution < 1.29 is 49.5 Å². The van der Waals surface area contributed by atoms with Gasteiger partial charge in [-0.25, -0.2) is 0 Å². The molecule has 0 heterocycles. The predicted octanol–water partition coefficient (Wildman–Crippen LogP) is -1.27. The van der Waals surface area contributed by atoms with Crippen LogP contribution in [0.25, 0.3) is 0 Å². The zero-order chi connectivity index (χ0) is 24.4. The molecule has 178 valence electrons. The van der Waals surface area contributed by atoms with E-state index in [1.165, 1.54) is 9.80 Å². The van der Waals surface area contributed by atoms with Crippen molar-refractivity contribution >= 4 is 29.8 Å². The highest BCUT2D eigenvalue weighted by Crippen LogP contribution is 2.24. The van der Waals surface area contributed by atoms with Crippen molar-refractivity contribution in [3.05, 3.63) is 0 Å². The molecule has 0 aromatic carbocycles. The van der Waals surface area contributed by atoms with Gasteiger partial charge in [-0.3, -0.25) is 38.7 Å². The number of carboxylic acid groups (broad SMARTS) is 5. The van der Waals surface area contributed by atoms with E-state index in [-0.39, 0.29) is 26.2 Å². The molecule has 31 heavy (non-hydrogen) atoms. The molecule has 0 aliphatic rings. The van der Waals surface area contributed by atoms with Gasteiger partial charge in [-0.15, -0.1) is 0 Å². The number of carboxylic acids is 5. The summed E-state index contributed by atoms with van der Waals surface area (Å²) < 4.78 is 0. The number of carbonyl (C=O) groups is 5. The lowest BCUT2D eigenvalue weighted by Gasteiger charge is -2.37. The van der Waals surface area contributed by atoms with Crippen molar-refractivity contribution in [3.8, 4) is 0 Å². The van der Waals surface area contributed by atoms with Crippen molar-refractivity contribution in [1.82, 2.24) is 14.7 Å². The molecule has 0 saturated heterocycles. The largest absolute Gasteiger partial charge is 0.480 e. The minimum atomic E-state index is -1.24. The lowest BCUT2D eigenvalue weighted by atomic mass is 9.85. The van der Waals surface area contributed by atoms with E-state index in [0.717, 1.165) is 4.90 Å². The fraction of sp³-hybridized carbons (Fsp3) is 0.722. The van der Waals surface area contributed by atoms with Gasteiger partial charge in [-0.1, -0.05) is 20.8 Å². The molecule has 0 rings (SSSR count). The number of hydrogen-bond donors (Lipinski definition) is 5. The van der Waals surface area contributed by atoms with E-state index in [2.05, 4.69) is 0 Å². The minimum absolute atomic E-state index is 0.0129. The Bertz CT molecular complexity index is 645. The average molecular weight is 449 g/mol. The third kappa shape index (κ3) is 12.5. The van der Waals surface area contributed by atoms with Gasteiger partial charge in [0.1, 0.15) is 6.04 Å². The van der Waals surface area contributed by atoms with Crippen LogP contribution >= 0.6 is 0 Å². The molecule has 0 amide bonds. The van der Waals surface area contributed by atoms with Crippen LogP contribution in [0.4, 0.5) is 0 Å². The zero-order valence-electron chi connectivity index (χ0n) is 17.9. The molecule has 5 N–H and O–H groups in total. The Morgan fingerprint density at radius 3 is 1.32 bits per heavy atom. The first kappa shape index (κ1) is 28.2. The van der Waals surface area contributed by atoms with E-state index in [0.29, 0.717) is 0 Å². The summed E-state index contributed by atoms with van der Waals surface area (Å²) in [7, 11) is 0. The molecule has 0 bridgehead atoms. The van der Waals surface area contributed by atoms with Crippen LogP contribution in [0.2, 0.25) is 0 Å². The number of aliphatic carboxylic acids is 5. The van der Waals surface area contributed by atoms with E-state index in [9.17, 15) is 34.2 Å². The first-order valence-corrected chi connectivity index (χ1v) is 9.42.